The van der Waals surface area contributed by atoms with E-state index in [2.05, 4.69) is 6.92 Å². The van der Waals surface area contributed by atoms with Crippen molar-refractivity contribution in [1.82, 2.24) is 0 Å². The Hall–Kier alpha value is 0.240. The van der Waals surface area contributed by atoms with E-state index in [-0.39, 0.29) is 0 Å². The molecule has 0 saturated carbocycles. The Labute approximate surface area is 86.6 Å². The van der Waals surface area contributed by atoms with E-state index in [1.54, 1.807) is 0 Å². The summed E-state index contributed by atoms with van der Waals surface area (Å²) in [6.45, 7) is 2.12. The highest BCUT2D eigenvalue weighted by molar-refractivity contribution is 7.90. The number of hydrogen-bond donors (Lipinski definition) is 0. The van der Waals surface area contributed by atoms with Gasteiger partial charge >= 0.3 is 0 Å². The molecule has 1 unspecified atom stereocenters. The third-order valence-electron chi connectivity index (χ3n) is 2.04. The fraction of sp³-hybridized carbons (Fsp3) is 1.00. The van der Waals surface area contributed by atoms with E-state index < -0.39 is 9.84 Å². The predicted octanol–water partition coefficient (Wildman–Crippen LogP) is 2.47. The summed E-state index contributed by atoms with van der Waals surface area (Å²) in [6.07, 6.45) is 5.19. The predicted molar refractivity (Wildman–Crippen MR) is 58.1 cm³/mol. The first-order valence-electron chi connectivity index (χ1n) is 4.73. The van der Waals surface area contributed by atoms with Gasteiger partial charge in [-0.15, -0.1) is 11.6 Å². The van der Waals surface area contributed by atoms with E-state index in [1.807, 2.05) is 0 Å². The van der Waals surface area contributed by atoms with Gasteiger partial charge in [-0.3, -0.25) is 0 Å². The van der Waals surface area contributed by atoms with Gasteiger partial charge in [0.15, 0.2) is 0 Å². The molecule has 0 amide bonds. The van der Waals surface area contributed by atoms with E-state index in [9.17, 15) is 8.42 Å². The standard InChI is InChI=1S/C9H19ClO2S/c1-3-5-9(8-10)6-4-7-13(2,11)12/h9H,3-8H2,1-2H3. The second kappa shape index (κ2) is 6.66. The Morgan fingerprint density at radius 1 is 1.31 bits per heavy atom. The maximum absolute atomic E-state index is 10.8. The van der Waals surface area contributed by atoms with Crippen molar-refractivity contribution in [3.8, 4) is 0 Å². The van der Waals surface area contributed by atoms with Gasteiger partial charge in [-0.1, -0.05) is 13.3 Å². The lowest BCUT2D eigenvalue weighted by molar-refractivity contribution is 0.484. The first kappa shape index (κ1) is 13.2. The van der Waals surface area contributed by atoms with Crippen LogP contribution in [-0.4, -0.2) is 26.3 Å². The molecule has 1 atom stereocenters. The van der Waals surface area contributed by atoms with Crippen molar-refractivity contribution >= 4 is 21.4 Å². The van der Waals surface area contributed by atoms with Gasteiger partial charge in [0.05, 0.1) is 0 Å². The van der Waals surface area contributed by atoms with Crippen LogP contribution in [0.25, 0.3) is 0 Å². The van der Waals surface area contributed by atoms with Gasteiger partial charge < -0.3 is 0 Å². The van der Waals surface area contributed by atoms with Crippen molar-refractivity contribution in [1.29, 1.82) is 0 Å². The molecular weight excluding hydrogens is 208 g/mol. The van der Waals surface area contributed by atoms with Crippen molar-refractivity contribution in [3.63, 3.8) is 0 Å². The van der Waals surface area contributed by atoms with Crippen molar-refractivity contribution < 1.29 is 8.42 Å². The highest BCUT2D eigenvalue weighted by atomic mass is 35.5. The van der Waals surface area contributed by atoms with E-state index >= 15 is 0 Å². The molecule has 0 fully saturated rings. The zero-order valence-electron chi connectivity index (χ0n) is 8.42. The van der Waals surface area contributed by atoms with E-state index in [0.717, 1.165) is 25.7 Å². The second-order valence-electron chi connectivity index (χ2n) is 3.58. The Bertz CT molecular complexity index is 212. The molecule has 0 saturated heterocycles. The lowest BCUT2D eigenvalue weighted by atomic mass is 10.0. The molecule has 0 aliphatic heterocycles. The molecule has 80 valence electrons. The summed E-state index contributed by atoms with van der Waals surface area (Å²) in [5.74, 6) is 1.44. The molecular formula is C9H19ClO2S. The van der Waals surface area contributed by atoms with Crippen LogP contribution in [0.4, 0.5) is 0 Å². The molecule has 0 aromatic heterocycles. The highest BCUT2D eigenvalue weighted by Crippen LogP contribution is 2.15. The fourth-order valence-corrected chi connectivity index (χ4v) is 2.34. The Balaban J connectivity index is 3.61. The maximum Gasteiger partial charge on any atom is 0.147 e. The highest BCUT2D eigenvalue weighted by Gasteiger charge is 2.08. The number of hydrogen-bond acceptors (Lipinski definition) is 2. The smallest absolute Gasteiger partial charge is 0.147 e. The molecule has 0 spiro atoms. The minimum Gasteiger partial charge on any atom is -0.229 e. The summed E-state index contributed by atoms with van der Waals surface area (Å²) in [5, 5.41) is 0. The van der Waals surface area contributed by atoms with Crippen LogP contribution in [-0.2, 0) is 9.84 Å². The average Bonchev–Trinajstić information content (AvgIpc) is 2.01. The maximum atomic E-state index is 10.8. The van der Waals surface area contributed by atoms with Crippen molar-refractivity contribution in [2.45, 2.75) is 32.6 Å². The van der Waals surface area contributed by atoms with E-state index in [1.165, 1.54) is 6.26 Å². The average molecular weight is 227 g/mol. The topological polar surface area (TPSA) is 34.1 Å². The minimum atomic E-state index is -2.79. The van der Waals surface area contributed by atoms with Crippen LogP contribution >= 0.6 is 11.6 Å². The van der Waals surface area contributed by atoms with Crippen LogP contribution in [0.2, 0.25) is 0 Å². The third kappa shape index (κ3) is 8.57. The summed E-state index contributed by atoms with van der Waals surface area (Å²) >= 11 is 5.75. The monoisotopic (exact) mass is 226 g/mol. The Morgan fingerprint density at radius 3 is 2.31 bits per heavy atom. The minimum absolute atomic E-state index is 0.296. The van der Waals surface area contributed by atoms with Crippen molar-refractivity contribution in [2.75, 3.05) is 17.9 Å². The lowest BCUT2D eigenvalue weighted by Gasteiger charge is -2.11. The first-order chi connectivity index (χ1) is 5.99. The Morgan fingerprint density at radius 2 is 1.92 bits per heavy atom. The number of sulfone groups is 1. The van der Waals surface area contributed by atoms with Crippen LogP contribution in [0, 0.1) is 5.92 Å². The van der Waals surface area contributed by atoms with Crippen LogP contribution in [0.5, 0.6) is 0 Å². The molecule has 13 heavy (non-hydrogen) atoms. The molecule has 0 aromatic rings. The van der Waals surface area contributed by atoms with Crippen LogP contribution < -0.4 is 0 Å². The zero-order valence-corrected chi connectivity index (χ0v) is 10.00. The van der Waals surface area contributed by atoms with Crippen LogP contribution in [0.15, 0.2) is 0 Å². The molecule has 0 aliphatic rings. The zero-order chi connectivity index (χ0) is 10.3. The summed E-state index contributed by atoms with van der Waals surface area (Å²) in [6, 6.07) is 0. The largest absolute Gasteiger partial charge is 0.229 e. The quantitative estimate of drug-likeness (QED) is 0.625. The molecule has 0 bridgehead atoms. The summed E-state index contributed by atoms with van der Waals surface area (Å²) in [7, 11) is -2.79. The second-order valence-corrected chi connectivity index (χ2v) is 6.15. The van der Waals surface area contributed by atoms with Gasteiger partial charge in [-0.25, -0.2) is 8.42 Å². The molecule has 0 heterocycles. The fourth-order valence-electron chi connectivity index (χ4n) is 1.34. The molecule has 0 aromatic carbocycles. The van der Waals surface area contributed by atoms with Crippen LogP contribution in [0.3, 0.4) is 0 Å². The number of halogens is 1. The van der Waals surface area contributed by atoms with Crippen molar-refractivity contribution in [3.05, 3.63) is 0 Å². The van der Waals surface area contributed by atoms with Crippen LogP contribution in [0.1, 0.15) is 32.6 Å². The normalized spacial score (nSPS) is 14.4. The van der Waals surface area contributed by atoms with Gasteiger partial charge in [0.25, 0.3) is 0 Å². The molecule has 0 aliphatic carbocycles. The first-order valence-corrected chi connectivity index (χ1v) is 7.32. The lowest BCUT2D eigenvalue weighted by Crippen LogP contribution is -2.07. The molecule has 0 rings (SSSR count). The summed E-state index contributed by atoms with van der Waals surface area (Å²) in [4.78, 5) is 0. The molecule has 2 nitrogen and oxygen atoms in total. The van der Waals surface area contributed by atoms with Gasteiger partial charge in [-0.2, -0.15) is 0 Å². The summed E-state index contributed by atoms with van der Waals surface area (Å²) in [5.41, 5.74) is 0. The molecule has 4 heteroatoms. The summed E-state index contributed by atoms with van der Waals surface area (Å²) < 4.78 is 21.7. The van der Waals surface area contributed by atoms with Gasteiger partial charge in [0, 0.05) is 17.9 Å². The SMILES string of the molecule is CCCC(CCl)CCCS(C)(=O)=O. The molecule has 0 N–H and O–H groups in total. The van der Waals surface area contributed by atoms with Gasteiger partial charge in [-0.05, 0) is 25.2 Å². The van der Waals surface area contributed by atoms with Gasteiger partial charge in [0.1, 0.15) is 9.84 Å². The molecule has 0 radical (unpaired) electrons. The Kier molecular flexibility index (Phi) is 6.78. The van der Waals surface area contributed by atoms with E-state index in [4.69, 9.17) is 11.6 Å². The van der Waals surface area contributed by atoms with Crippen molar-refractivity contribution in [2.24, 2.45) is 5.92 Å². The number of alkyl halides is 1. The third-order valence-corrected chi connectivity index (χ3v) is 3.51. The van der Waals surface area contributed by atoms with Gasteiger partial charge in [0.2, 0.25) is 0 Å². The number of rotatable bonds is 7. The van der Waals surface area contributed by atoms with E-state index in [0.29, 0.717) is 17.6 Å².